The molecule has 0 saturated heterocycles. The minimum Gasteiger partial charge on any atom is -0.251 e. The number of pyridine rings is 4. The van der Waals surface area contributed by atoms with E-state index in [4.69, 9.17) is 19.9 Å². The number of hydrogen-bond acceptors (Lipinski definition) is 4. The summed E-state index contributed by atoms with van der Waals surface area (Å²) in [6.45, 7) is 9.62. The van der Waals surface area contributed by atoms with Gasteiger partial charge in [-0.15, -0.1) is 0 Å². The minimum atomic E-state index is 0.360. The van der Waals surface area contributed by atoms with E-state index in [9.17, 15) is 0 Å². The summed E-state index contributed by atoms with van der Waals surface area (Å²) in [6.07, 6.45) is 4.87. The highest BCUT2D eigenvalue weighted by Gasteiger charge is 2.54. The molecule has 0 radical (unpaired) electrons. The van der Waals surface area contributed by atoms with Gasteiger partial charge in [-0.2, -0.15) is 0 Å². The van der Waals surface area contributed by atoms with E-state index < -0.39 is 0 Å². The molecule has 2 saturated carbocycles. The Balaban J connectivity index is 1.13. The van der Waals surface area contributed by atoms with Crippen LogP contribution in [0, 0.1) is 22.7 Å². The van der Waals surface area contributed by atoms with E-state index in [1.807, 2.05) is 12.1 Å². The second kappa shape index (κ2) is 7.59. The van der Waals surface area contributed by atoms with Crippen LogP contribution in [0.2, 0.25) is 0 Å². The second-order valence-corrected chi connectivity index (χ2v) is 13.3. The summed E-state index contributed by atoms with van der Waals surface area (Å²) in [5, 5.41) is 0. The fourth-order valence-electron chi connectivity index (χ4n) is 7.87. The van der Waals surface area contributed by atoms with Crippen LogP contribution < -0.4 is 0 Å². The molecule has 6 aliphatic carbocycles. The van der Waals surface area contributed by atoms with Gasteiger partial charge in [-0.1, -0.05) is 52.0 Å². The van der Waals surface area contributed by atoms with Crippen LogP contribution in [0.4, 0.5) is 0 Å². The largest absolute Gasteiger partial charge is 0.251 e. The van der Waals surface area contributed by atoms with Crippen molar-refractivity contribution < 1.29 is 0 Å². The molecule has 2 fully saturated rings. The molecule has 4 bridgehead atoms. The topological polar surface area (TPSA) is 51.6 Å². The van der Waals surface area contributed by atoms with Crippen LogP contribution >= 0.6 is 0 Å². The Labute approximate surface area is 225 Å². The molecule has 0 amide bonds. The van der Waals surface area contributed by atoms with E-state index in [0.29, 0.717) is 22.7 Å². The first-order valence-corrected chi connectivity index (χ1v) is 14.2. The highest BCUT2D eigenvalue weighted by molar-refractivity contribution is 5.65. The molecular weight excluding hydrogens is 464 g/mol. The van der Waals surface area contributed by atoms with Gasteiger partial charge >= 0.3 is 0 Å². The molecule has 4 nitrogen and oxygen atoms in total. The monoisotopic (exact) mass is 498 g/mol. The van der Waals surface area contributed by atoms with Gasteiger partial charge in [0.2, 0.25) is 0 Å². The summed E-state index contributed by atoms with van der Waals surface area (Å²) >= 11 is 0. The Kier molecular flexibility index (Phi) is 4.51. The summed E-state index contributed by atoms with van der Waals surface area (Å²) in [7, 11) is 0. The van der Waals surface area contributed by atoms with Gasteiger partial charge in [0.1, 0.15) is 0 Å². The molecule has 4 atom stereocenters. The normalized spacial score (nSPS) is 26.9. The van der Waals surface area contributed by atoms with Crippen molar-refractivity contribution in [3.8, 4) is 34.2 Å². The van der Waals surface area contributed by atoms with Gasteiger partial charge in [0.25, 0.3) is 0 Å². The fourth-order valence-corrected chi connectivity index (χ4v) is 7.87. The van der Waals surface area contributed by atoms with Crippen molar-refractivity contribution in [2.75, 3.05) is 0 Å². The summed E-state index contributed by atoms with van der Waals surface area (Å²) in [6, 6.07) is 21.2. The van der Waals surface area contributed by atoms with Crippen LogP contribution in [0.25, 0.3) is 34.2 Å². The Bertz CT molecular complexity index is 1500. The lowest BCUT2D eigenvalue weighted by Gasteiger charge is -2.56. The van der Waals surface area contributed by atoms with Crippen molar-refractivity contribution in [3.63, 3.8) is 0 Å². The zero-order valence-corrected chi connectivity index (χ0v) is 22.7. The lowest BCUT2D eigenvalue weighted by atomic mass is 9.48. The van der Waals surface area contributed by atoms with Gasteiger partial charge in [0.15, 0.2) is 0 Å². The van der Waals surface area contributed by atoms with Gasteiger partial charge in [-0.25, -0.2) is 9.97 Å². The first-order valence-electron chi connectivity index (χ1n) is 14.2. The Hall–Kier alpha value is -3.40. The zero-order valence-electron chi connectivity index (χ0n) is 22.7. The van der Waals surface area contributed by atoms with Crippen molar-refractivity contribution in [1.29, 1.82) is 0 Å². The molecule has 0 N–H and O–H groups in total. The van der Waals surface area contributed by atoms with Crippen LogP contribution in [-0.2, 0) is 12.8 Å². The van der Waals surface area contributed by atoms with Crippen molar-refractivity contribution in [2.45, 2.75) is 65.2 Å². The SMILES string of the molecule is CC1(C)[C@H]2Cc3ccc(-c4cccc(-c5cccc(-c6ccc7c(n6)[C@@H]6C[C@H](C7)C6(C)C)n5)n4)nc3[C@@H]1C2. The Morgan fingerprint density at radius 1 is 0.500 bits per heavy atom. The molecule has 0 aliphatic heterocycles. The maximum atomic E-state index is 5.17. The van der Waals surface area contributed by atoms with Crippen LogP contribution in [0.5, 0.6) is 0 Å². The molecule has 0 spiro atoms. The molecule has 38 heavy (non-hydrogen) atoms. The lowest BCUT2D eigenvalue weighted by Crippen LogP contribution is -2.48. The summed E-state index contributed by atoms with van der Waals surface area (Å²) in [5.41, 5.74) is 11.6. The van der Waals surface area contributed by atoms with E-state index in [2.05, 4.69) is 76.2 Å². The smallest absolute Gasteiger partial charge is 0.0894 e. The molecule has 190 valence electrons. The molecule has 4 aromatic rings. The third-order valence-corrected chi connectivity index (χ3v) is 10.8. The molecule has 4 heteroatoms. The van der Waals surface area contributed by atoms with E-state index in [1.54, 1.807) is 0 Å². The van der Waals surface area contributed by atoms with E-state index in [0.717, 1.165) is 58.8 Å². The Morgan fingerprint density at radius 3 is 1.24 bits per heavy atom. The van der Waals surface area contributed by atoms with Crippen molar-refractivity contribution in [1.82, 2.24) is 19.9 Å². The van der Waals surface area contributed by atoms with Crippen LogP contribution in [0.15, 0.2) is 60.7 Å². The van der Waals surface area contributed by atoms with Gasteiger partial charge in [0, 0.05) is 23.2 Å². The number of nitrogens with zero attached hydrogens (tertiary/aromatic N) is 4. The molecular formula is C34H34N4. The van der Waals surface area contributed by atoms with Gasteiger partial charge in [0.05, 0.1) is 34.2 Å². The minimum absolute atomic E-state index is 0.360. The maximum absolute atomic E-state index is 5.17. The lowest BCUT2D eigenvalue weighted by molar-refractivity contribution is 0.0155. The van der Waals surface area contributed by atoms with Crippen molar-refractivity contribution in [3.05, 3.63) is 83.2 Å². The van der Waals surface area contributed by atoms with Gasteiger partial charge in [-0.3, -0.25) is 9.97 Å². The van der Waals surface area contributed by atoms with E-state index in [-0.39, 0.29) is 0 Å². The quantitative estimate of drug-likeness (QED) is 0.291. The van der Waals surface area contributed by atoms with Crippen LogP contribution in [0.1, 0.15) is 74.9 Å². The predicted molar refractivity (Wildman–Crippen MR) is 151 cm³/mol. The third-order valence-electron chi connectivity index (χ3n) is 10.8. The van der Waals surface area contributed by atoms with Crippen LogP contribution in [-0.4, -0.2) is 19.9 Å². The molecule has 4 aromatic heterocycles. The van der Waals surface area contributed by atoms with Crippen molar-refractivity contribution >= 4 is 0 Å². The standard InChI is InChI=1S/C34H34N4/c1-33(2)21-15-19-11-13-29(37-31(19)23(33)17-21)27-9-5-7-25(35-27)26-8-6-10-28(36-26)30-14-12-20-16-22-18-24(32(20)38-30)34(22,3)4/h5-14,21-24H,15-18H2,1-4H3/t21-,22-,23-,24-/m0/s1. The second-order valence-electron chi connectivity index (χ2n) is 13.3. The number of aromatic nitrogens is 4. The highest BCUT2D eigenvalue weighted by atomic mass is 14.9. The summed E-state index contributed by atoms with van der Waals surface area (Å²) in [4.78, 5) is 20.4. The molecule has 6 aliphatic rings. The number of hydrogen-bond donors (Lipinski definition) is 0. The Morgan fingerprint density at radius 2 is 0.868 bits per heavy atom. The summed E-state index contributed by atoms with van der Waals surface area (Å²) < 4.78 is 0. The first kappa shape index (κ1) is 22.6. The summed E-state index contributed by atoms with van der Waals surface area (Å²) in [5.74, 6) is 2.74. The van der Waals surface area contributed by atoms with Crippen molar-refractivity contribution in [2.24, 2.45) is 22.7 Å². The van der Waals surface area contributed by atoms with E-state index >= 15 is 0 Å². The maximum Gasteiger partial charge on any atom is 0.0894 e. The molecule has 0 unspecified atom stereocenters. The van der Waals surface area contributed by atoms with Gasteiger partial charge < -0.3 is 0 Å². The zero-order chi connectivity index (χ0) is 25.8. The third kappa shape index (κ3) is 3.09. The average Bonchev–Trinajstić information content (AvgIpc) is 2.95. The molecule has 4 heterocycles. The van der Waals surface area contributed by atoms with E-state index in [1.165, 1.54) is 35.4 Å². The average molecular weight is 499 g/mol. The fraction of sp³-hybridized carbons (Fsp3) is 0.412. The predicted octanol–water partition coefficient (Wildman–Crippen LogP) is 7.64. The molecule has 10 rings (SSSR count). The highest BCUT2D eigenvalue weighted by Crippen LogP contribution is 2.62. The molecule has 0 aromatic carbocycles. The van der Waals surface area contributed by atoms with Gasteiger partial charge in [-0.05, 0) is 95.9 Å². The first-order chi connectivity index (χ1) is 18.3. The number of rotatable bonds is 3. The van der Waals surface area contributed by atoms with Crippen LogP contribution in [0.3, 0.4) is 0 Å².